The lowest BCUT2D eigenvalue weighted by Crippen LogP contribution is -2.46. The van der Waals surface area contributed by atoms with Crippen molar-refractivity contribution in [1.82, 2.24) is 0 Å². The number of hydrogen-bond acceptors (Lipinski definition) is 8. The molecule has 0 heterocycles. The van der Waals surface area contributed by atoms with Crippen molar-refractivity contribution in [2.24, 2.45) is 5.92 Å². The standard InChI is InChI=1S/C37H30O8/c1-18-28(35(43)23-16-26(38)34(42)22(30(23)32(18)40)14-20-10-6-4-7-11-20)29-19(2)33(41)31-24(36(29)44)17-27(39)37(3,45)25(31)15-21-12-8-5-9-13-21/h4-13,16-17,25,38-39,42,45H,14-15H2,1-3H3. The van der Waals surface area contributed by atoms with Gasteiger partial charge in [0.25, 0.3) is 0 Å². The predicted molar refractivity (Wildman–Crippen MR) is 165 cm³/mol. The highest BCUT2D eigenvalue weighted by atomic mass is 16.3. The molecule has 0 saturated heterocycles. The summed E-state index contributed by atoms with van der Waals surface area (Å²) in [5.74, 6) is -5.33. The molecule has 0 aromatic heterocycles. The molecule has 0 bridgehead atoms. The number of Topliss-reactive ketones (excluding diaryl/α,β-unsaturated/α-hetero) is 4. The van der Waals surface area contributed by atoms with Crippen LogP contribution in [0.2, 0.25) is 0 Å². The molecule has 0 fully saturated rings. The van der Waals surface area contributed by atoms with Gasteiger partial charge < -0.3 is 20.4 Å². The number of rotatable bonds is 5. The Morgan fingerprint density at radius 2 is 1.29 bits per heavy atom. The lowest BCUT2D eigenvalue weighted by Gasteiger charge is -2.39. The topological polar surface area (TPSA) is 149 Å². The molecule has 2 atom stereocenters. The summed E-state index contributed by atoms with van der Waals surface area (Å²) in [4.78, 5) is 56.4. The van der Waals surface area contributed by atoms with Gasteiger partial charge in [0.15, 0.2) is 34.6 Å². The first-order chi connectivity index (χ1) is 21.3. The molecule has 0 amide bonds. The van der Waals surface area contributed by atoms with Gasteiger partial charge in [-0.2, -0.15) is 0 Å². The maximum Gasteiger partial charge on any atom is 0.195 e. The quantitative estimate of drug-likeness (QED) is 0.230. The van der Waals surface area contributed by atoms with Crippen LogP contribution >= 0.6 is 0 Å². The van der Waals surface area contributed by atoms with Gasteiger partial charge in [0.2, 0.25) is 0 Å². The van der Waals surface area contributed by atoms with Gasteiger partial charge in [0.05, 0.1) is 0 Å². The first kappa shape index (κ1) is 29.7. The Morgan fingerprint density at radius 1 is 0.733 bits per heavy atom. The first-order valence-corrected chi connectivity index (χ1v) is 14.5. The summed E-state index contributed by atoms with van der Waals surface area (Å²) < 4.78 is 0. The smallest absolute Gasteiger partial charge is 0.195 e. The van der Waals surface area contributed by atoms with Crippen LogP contribution in [0.25, 0.3) is 0 Å². The van der Waals surface area contributed by atoms with E-state index in [2.05, 4.69) is 0 Å². The van der Waals surface area contributed by atoms with E-state index >= 15 is 0 Å². The van der Waals surface area contributed by atoms with E-state index in [0.717, 1.165) is 23.3 Å². The number of carbonyl (C=O) groups excluding carboxylic acids is 4. The maximum atomic E-state index is 14.2. The minimum atomic E-state index is -1.86. The molecular formula is C37H30O8. The van der Waals surface area contributed by atoms with Crippen LogP contribution in [0, 0.1) is 5.92 Å². The highest BCUT2D eigenvalue weighted by molar-refractivity contribution is 6.37. The Balaban J connectivity index is 1.48. The van der Waals surface area contributed by atoms with Gasteiger partial charge in [0.1, 0.15) is 11.4 Å². The molecule has 6 rings (SSSR count). The van der Waals surface area contributed by atoms with Crippen LogP contribution in [0.15, 0.2) is 112 Å². The van der Waals surface area contributed by atoms with Crippen LogP contribution in [-0.2, 0) is 22.4 Å². The average Bonchev–Trinajstić information content (AvgIpc) is 3.02. The molecular weight excluding hydrogens is 572 g/mol. The van der Waals surface area contributed by atoms with Crippen LogP contribution in [0.1, 0.15) is 58.2 Å². The summed E-state index contributed by atoms with van der Waals surface area (Å²) in [6.45, 7) is 4.16. The average molecular weight is 603 g/mol. The number of fused-ring (bicyclic) bond motifs is 1. The molecule has 226 valence electrons. The summed E-state index contributed by atoms with van der Waals surface area (Å²) in [6, 6.07) is 19.0. The number of carbonyl (C=O) groups is 4. The number of aliphatic hydroxyl groups excluding tert-OH is 1. The number of phenolic OH excluding ortho intramolecular Hbond substituents is 2. The summed E-state index contributed by atoms with van der Waals surface area (Å²) in [5.41, 5.74) is -1.43. The second kappa shape index (κ2) is 10.7. The highest BCUT2D eigenvalue weighted by Gasteiger charge is 2.50. The summed E-state index contributed by atoms with van der Waals surface area (Å²) in [7, 11) is 0. The van der Waals surface area contributed by atoms with E-state index in [0.29, 0.717) is 0 Å². The number of phenols is 2. The van der Waals surface area contributed by atoms with E-state index in [9.17, 15) is 39.6 Å². The molecule has 0 radical (unpaired) electrons. The Labute approximate surface area is 259 Å². The zero-order chi connectivity index (χ0) is 32.4. The molecule has 3 aliphatic rings. The minimum absolute atomic E-state index is 0.0221. The van der Waals surface area contributed by atoms with Crippen LogP contribution in [-0.4, -0.2) is 49.2 Å². The third kappa shape index (κ3) is 4.57. The largest absolute Gasteiger partial charge is 0.509 e. The number of hydrogen-bond donors (Lipinski definition) is 4. The predicted octanol–water partition coefficient (Wildman–Crippen LogP) is 5.21. The Hall–Kier alpha value is -5.34. The molecule has 3 aliphatic carbocycles. The zero-order valence-electron chi connectivity index (χ0n) is 24.8. The highest BCUT2D eigenvalue weighted by Crippen LogP contribution is 2.47. The van der Waals surface area contributed by atoms with Crippen molar-refractivity contribution >= 4 is 23.1 Å². The third-order valence-electron chi connectivity index (χ3n) is 9.10. The molecule has 8 nitrogen and oxygen atoms in total. The fourth-order valence-corrected chi connectivity index (χ4v) is 6.58. The van der Waals surface area contributed by atoms with Crippen molar-refractivity contribution in [2.75, 3.05) is 0 Å². The SMILES string of the molecule is CC1=C(C2=C(C)C(=O)c3c(cc(O)c(O)c3Cc3ccccc3)C2=O)C(=O)C2=C(C1=O)C(Cc1ccccc1)C(C)(O)C(O)=C2. The van der Waals surface area contributed by atoms with E-state index < -0.39 is 51.9 Å². The van der Waals surface area contributed by atoms with Gasteiger partial charge in [0, 0.05) is 62.5 Å². The van der Waals surface area contributed by atoms with Gasteiger partial charge >= 0.3 is 0 Å². The van der Waals surface area contributed by atoms with Crippen molar-refractivity contribution in [1.29, 1.82) is 0 Å². The van der Waals surface area contributed by atoms with Crippen molar-refractivity contribution in [3.05, 3.63) is 140 Å². The molecule has 3 aromatic rings. The van der Waals surface area contributed by atoms with E-state index in [1.165, 1.54) is 20.8 Å². The van der Waals surface area contributed by atoms with Gasteiger partial charge in [-0.15, -0.1) is 0 Å². The molecule has 0 spiro atoms. The van der Waals surface area contributed by atoms with E-state index in [4.69, 9.17) is 0 Å². The molecule has 0 aliphatic heterocycles. The number of ketones is 4. The summed E-state index contributed by atoms with van der Waals surface area (Å²) in [5, 5.41) is 43.6. The Bertz CT molecular complexity index is 1970. The molecule has 8 heteroatoms. The lowest BCUT2D eigenvalue weighted by atomic mass is 9.65. The Morgan fingerprint density at radius 3 is 1.91 bits per heavy atom. The Kier molecular flexibility index (Phi) is 7.05. The van der Waals surface area contributed by atoms with Gasteiger partial charge in [-0.1, -0.05) is 60.7 Å². The van der Waals surface area contributed by atoms with Gasteiger partial charge in [-0.05, 0) is 50.5 Å². The lowest BCUT2D eigenvalue weighted by molar-refractivity contribution is -0.117. The van der Waals surface area contributed by atoms with Gasteiger partial charge in [-0.3, -0.25) is 19.2 Å². The second-order valence-electron chi connectivity index (χ2n) is 11.9. The molecule has 45 heavy (non-hydrogen) atoms. The second-order valence-corrected chi connectivity index (χ2v) is 11.9. The summed E-state index contributed by atoms with van der Waals surface area (Å²) >= 11 is 0. The summed E-state index contributed by atoms with van der Waals surface area (Å²) in [6.07, 6.45) is 1.25. The molecule has 3 aromatic carbocycles. The van der Waals surface area contributed by atoms with Gasteiger partial charge in [-0.25, -0.2) is 0 Å². The zero-order valence-corrected chi connectivity index (χ0v) is 24.8. The monoisotopic (exact) mass is 602 g/mol. The normalized spacial score (nSPS) is 21.7. The molecule has 2 unspecified atom stereocenters. The number of allylic oxidation sites excluding steroid dienone is 6. The third-order valence-corrected chi connectivity index (χ3v) is 9.10. The fourth-order valence-electron chi connectivity index (χ4n) is 6.58. The van der Waals surface area contributed by atoms with Crippen molar-refractivity contribution in [3.63, 3.8) is 0 Å². The fraction of sp³-hybridized carbons (Fsp3) is 0.189. The molecule has 4 N–H and O–H groups in total. The maximum absolute atomic E-state index is 14.2. The number of aliphatic hydroxyl groups is 2. The number of aromatic hydroxyl groups is 2. The van der Waals surface area contributed by atoms with E-state index in [1.54, 1.807) is 42.5 Å². The van der Waals surface area contributed by atoms with Crippen LogP contribution in [0.4, 0.5) is 0 Å². The van der Waals surface area contributed by atoms with Crippen LogP contribution in [0.3, 0.4) is 0 Å². The molecule has 0 saturated carbocycles. The van der Waals surface area contributed by atoms with E-state index in [1.807, 2.05) is 18.2 Å². The van der Waals surface area contributed by atoms with Crippen LogP contribution in [0.5, 0.6) is 11.5 Å². The number of benzene rings is 3. The van der Waals surface area contributed by atoms with Crippen molar-refractivity contribution in [3.8, 4) is 11.5 Å². The van der Waals surface area contributed by atoms with E-state index in [-0.39, 0.29) is 63.0 Å². The van der Waals surface area contributed by atoms with Crippen molar-refractivity contribution in [2.45, 2.75) is 39.2 Å². The first-order valence-electron chi connectivity index (χ1n) is 14.5. The van der Waals surface area contributed by atoms with Crippen molar-refractivity contribution < 1.29 is 39.6 Å². The van der Waals surface area contributed by atoms with Crippen LogP contribution < -0.4 is 0 Å². The minimum Gasteiger partial charge on any atom is -0.509 e.